The Hall–Kier alpha value is -2.88. The molecular weight excluding hydrogens is 530 g/mol. The molecule has 2 aliphatic heterocycles. The number of ether oxygens (including phenoxy) is 1. The van der Waals surface area contributed by atoms with Crippen LogP contribution in [0.3, 0.4) is 0 Å². The average molecular weight is 566 g/mol. The van der Waals surface area contributed by atoms with E-state index in [-0.39, 0.29) is 0 Å². The molecule has 1 radical (unpaired) electrons. The van der Waals surface area contributed by atoms with Gasteiger partial charge >= 0.3 is 0 Å². The second kappa shape index (κ2) is 11.7. The fourth-order valence-electron chi connectivity index (χ4n) is 5.11. The molecule has 0 unspecified atom stereocenters. The fourth-order valence-corrected chi connectivity index (χ4v) is 5.40. The number of piperidine rings is 1. The van der Waals surface area contributed by atoms with Crippen molar-refractivity contribution in [2.75, 3.05) is 69.0 Å². The molecule has 9 heteroatoms. The first-order chi connectivity index (χ1) is 18.0. The summed E-state index contributed by atoms with van der Waals surface area (Å²) in [7, 11) is 3.96. The Morgan fingerprint density at radius 1 is 1.05 bits per heavy atom. The van der Waals surface area contributed by atoms with E-state index >= 15 is 0 Å². The Kier molecular flexibility index (Phi) is 8.12. The number of halogens is 1. The third-order valence-electron chi connectivity index (χ3n) is 7.34. The lowest BCUT2D eigenvalue weighted by Gasteiger charge is -2.42. The van der Waals surface area contributed by atoms with E-state index in [1.54, 1.807) is 13.3 Å². The molecule has 2 N–H and O–H groups in total. The van der Waals surface area contributed by atoms with Crippen molar-refractivity contribution in [3.05, 3.63) is 58.7 Å². The quantitative estimate of drug-likeness (QED) is 0.412. The number of nitrogens with zero attached hydrogens (tertiary/aromatic N) is 5. The zero-order valence-electron chi connectivity index (χ0n) is 21.8. The summed E-state index contributed by atoms with van der Waals surface area (Å²) >= 11 is 3.54. The number of aryl methyl sites for hydroxylation is 1. The molecule has 3 heterocycles. The minimum atomic E-state index is 0.507. The molecule has 1 aromatic heterocycles. The smallest absolute Gasteiger partial charge is 0.229 e. The highest BCUT2D eigenvalue weighted by atomic mass is 79.9. The van der Waals surface area contributed by atoms with Crippen molar-refractivity contribution in [1.29, 1.82) is 0 Å². The highest BCUT2D eigenvalue weighted by Gasteiger charge is 2.28. The van der Waals surface area contributed by atoms with Crippen molar-refractivity contribution in [3.8, 4) is 5.75 Å². The van der Waals surface area contributed by atoms with Gasteiger partial charge in [-0.05, 0) is 60.4 Å². The summed E-state index contributed by atoms with van der Waals surface area (Å²) in [4.78, 5) is 16.7. The van der Waals surface area contributed by atoms with E-state index in [1.165, 1.54) is 39.0 Å². The molecule has 0 saturated carbocycles. The first kappa shape index (κ1) is 25.8. The Bertz CT molecular complexity index is 1190. The number of methoxy groups -OCH3 is 1. The average Bonchev–Trinajstić information content (AvgIpc) is 2.92. The molecule has 5 rings (SSSR count). The van der Waals surface area contributed by atoms with Gasteiger partial charge in [0.1, 0.15) is 11.6 Å². The lowest BCUT2D eigenvalue weighted by atomic mass is 10.0. The van der Waals surface area contributed by atoms with Crippen LogP contribution in [0.5, 0.6) is 5.75 Å². The van der Waals surface area contributed by atoms with Gasteiger partial charge in [-0.15, -0.1) is 0 Å². The van der Waals surface area contributed by atoms with E-state index in [1.807, 2.05) is 24.3 Å². The molecule has 2 saturated heterocycles. The molecule has 8 nitrogen and oxygen atoms in total. The van der Waals surface area contributed by atoms with Crippen molar-refractivity contribution < 1.29 is 4.74 Å². The van der Waals surface area contributed by atoms with E-state index in [0.717, 1.165) is 45.9 Å². The van der Waals surface area contributed by atoms with Crippen molar-refractivity contribution in [1.82, 2.24) is 19.8 Å². The minimum Gasteiger partial charge on any atom is -0.495 e. The molecule has 0 bridgehead atoms. The lowest BCUT2D eigenvalue weighted by molar-refractivity contribution is 0.0981. The van der Waals surface area contributed by atoms with Crippen LogP contribution in [-0.2, 0) is 0 Å². The van der Waals surface area contributed by atoms with E-state index in [4.69, 9.17) is 4.74 Å². The van der Waals surface area contributed by atoms with Gasteiger partial charge < -0.3 is 25.2 Å². The Labute approximate surface area is 228 Å². The summed E-state index contributed by atoms with van der Waals surface area (Å²) in [6, 6.07) is 15.8. The van der Waals surface area contributed by atoms with Gasteiger partial charge in [-0.2, -0.15) is 4.98 Å². The standard InChI is InChI=1S/C28H35BrN7O/c1-20-17-25(36-11-9-22(10-12-36)35-15-13-34(2)14-16-35)26(37-3)18-24(20)32-28-30-19-23(29)27(33-28)31-21-7-5-4-6-8-21/h4-7,17-19,22H,9-16H2,1-3H3,(H2,30,31,32,33). The topological polar surface area (TPSA) is 68.8 Å². The summed E-state index contributed by atoms with van der Waals surface area (Å²) in [5.41, 5.74) is 4.04. The maximum absolute atomic E-state index is 5.85. The normalized spacial score (nSPS) is 17.6. The van der Waals surface area contributed by atoms with Crippen LogP contribution in [0.15, 0.2) is 47.1 Å². The molecular formula is C28H35BrN7O. The van der Waals surface area contributed by atoms with Crippen LogP contribution in [0.4, 0.5) is 28.8 Å². The molecule has 0 atom stereocenters. The maximum Gasteiger partial charge on any atom is 0.229 e. The Balaban J connectivity index is 1.28. The second-order valence-electron chi connectivity index (χ2n) is 9.81. The number of piperazine rings is 1. The van der Waals surface area contributed by atoms with Gasteiger partial charge in [0.15, 0.2) is 0 Å². The van der Waals surface area contributed by atoms with E-state index in [2.05, 4.69) is 83.4 Å². The number of rotatable bonds is 7. The van der Waals surface area contributed by atoms with Gasteiger partial charge in [0, 0.05) is 75.0 Å². The van der Waals surface area contributed by atoms with Crippen LogP contribution < -0.4 is 20.3 Å². The van der Waals surface area contributed by atoms with Crippen LogP contribution in [0.2, 0.25) is 0 Å². The maximum atomic E-state index is 5.85. The minimum absolute atomic E-state index is 0.507. The van der Waals surface area contributed by atoms with Crippen molar-refractivity contribution >= 4 is 44.8 Å². The largest absolute Gasteiger partial charge is 0.495 e. The number of hydrogen-bond acceptors (Lipinski definition) is 8. The molecule has 0 aliphatic carbocycles. The number of anilines is 5. The molecule has 0 amide bonds. The summed E-state index contributed by atoms with van der Waals surface area (Å²) in [6.07, 6.45) is 4.12. The molecule has 2 fully saturated rings. The van der Waals surface area contributed by atoms with Gasteiger partial charge in [0.2, 0.25) is 5.95 Å². The molecule has 0 spiro atoms. The highest BCUT2D eigenvalue weighted by Crippen LogP contribution is 2.37. The van der Waals surface area contributed by atoms with E-state index in [9.17, 15) is 0 Å². The van der Waals surface area contributed by atoms with Gasteiger partial charge in [0.05, 0.1) is 17.3 Å². The molecule has 2 aromatic carbocycles. The highest BCUT2D eigenvalue weighted by molar-refractivity contribution is 9.10. The zero-order valence-corrected chi connectivity index (χ0v) is 23.4. The Morgan fingerprint density at radius 3 is 2.54 bits per heavy atom. The molecule has 2 aliphatic rings. The van der Waals surface area contributed by atoms with Crippen molar-refractivity contribution in [2.45, 2.75) is 25.8 Å². The zero-order chi connectivity index (χ0) is 25.8. The van der Waals surface area contributed by atoms with E-state index < -0.39 is 0 Å². The third-order valence-corrected chi connectivity index (χ3v) is 7.92. The number of nitrogens with one attached hydrogen (secondary N) is 2. The SMILES string of the molecule is COc1cc(Nc2ncc(Br)c(Nc3[c]cccc3)n2)c(C)cc1N1CCC(N2CCN(C)CC2)CC1. The number of aromatic nitrogens is 2. The predicted octanol–water partition coefficient (Wildman–Crippen LogP) is 5.06. The summed E-state index contributed by atoms with van der Waals surface area (Å²) in [5.74, 6) is 2.04. The summed E-state index contributed by atoms with van der Waals surface area (Å²) < 4.78 is 6.62. The van der Waals surface area contributed by atoms with E-state index in [0.29, 0.717) is 17.8 Å². The van der Waals surface area contributed by atoms with Crippen molar-refractivity contribution in [2.24, 2.45) is 0 Å². The fraction of sp³-hybridized carbons (Fsp3) is 0.429. The van der Waals surface area contributed by atoms with Crippen LogP contribution >= 0.6 is 15.9 Å². The van der Waals surface area contributed by atoms with Gasteiger partial charge in [-0.3, -0.25) is 4.90 Å². The number of hydrogen-bond donors (Lipinski definition) is 2. The second-order valence-corrected chi connectivity index (χ2v) is 10.7. The third kappa shape index (κ3) is 6.17. The van der Waals surface area contributed by atoms with Crippen LogP contribution in [-0.4, -0.2) is 79.2 Å². The monoisotopic (exact) mass is 564 g/mol. The lowest BCUT2D eigenvalue weighted by Crippen LogP contribution is -2.52. The number of benzene rings is 2. The van der Waals surface area contributed by atoms with Crippen molar-refractivity contribution in [3.63, 3.8) is 0 Å². The molecule has 3 aromatic rings. The van der Waals surface area contributed by atoms with Gasteiger partial charge in [-0.1, -0.05) is 18.2 Å². The molecule has 37 heavy (non-hydrogen) atoms. The first-order valence-electron chi connectivity index (χ1n) is 12.9. The molecule has 195 valence electrons. The number of likely N-dealkylation sites (N-methyl/N-ethyl adjacent to an activating group) is 1. The van der Waals surface area contributed by atoms with Gasteiger partial charge in [0.25, 0.3) is 0 Å². The van der Waals surface area contributed by atoms with Gasteiger partial charge in [-0.25, -0.2) is 4.98 Å². The summed E-state index contributed by atoms with van der Waals surface area (Å²) in [5, 5.41) is 6.67. The Morgan fingerprint density at radius 2 is 1.84 bits per heavy atom. The van der Waals surface area contributed by atoms with Crippen LogP contribution in [0, 0.1) is 13.0 Å². The van der Waals surface area contributed by atoms with Crippen LogP contribution in [0.1, 0.15) is 18.4 Å². The first-order valence-corrected chi connectivity index (χ1v) is 13.7. The van der Waals surface area contributed by atoms with Crippen LogP contribution in [0.25, 0.3) is 0 Å². The number of para-hydroxylation sites is 1. The predicted molar refractivity (Wildman–Crippen MR) is 154 cm³/mol. The summed E-state index contributed by atoms with van der Waals surface area (Å²) in [6.45, 7) is 8.91.